The molecule has 8 heteroatoms. The van der Waals surface area contributed by atoms with Gasteiger partial charge in [-0.3, -0.25) is 4.79 Å². The molecular formula is C11H21NO7. The van der Waals surface area contributed by atoms with E-state index in [1.54, 1.807) is 0 Å². The Morgan fingerprint density at radius 3 is 2.58 bits per heavy atom. The van der Waals surface area contributed by atoms with Crippen LogP contribution < -0.4 is 5.32 Å². The lowest BCUT2D eigenvalue weighted by molar-refractivity contribution is -0.292. The van der Waals surface area contributed by atoms with Crippen molar-refractivity contribution in [3.63, 3.8) is 0 Å². The van der Waals surface area contributed by atoms with Gasteiger partial charge in [0.15, 0.2) is 5.79 Å². The van der Waals surface area contributed by atoms with E-state index in [2.05, 4.69) is 5.32 Å². The molecule has 0 aromatic rings. The number of carbonyl (C=O) groups excluding carboxylic acids is 1. The summed E-state index contributed by atoms with van der Waals surface area (Å²) in [4.78, 5) is 11.1. The van der Waals surface area contributed by atoms with Crippen LogP contribution >= 0.6 is 0 Å². The van der Waals surface area contributed by atoms with Crippen LogP contribution in [0.1, 0.15) is 20.3 Å². The lowest BCUT2D eigenvalue weighted by atomic mass is 9.89. The van der Waals surface area contributed by atoms with Crippen LogP contribution in [0.2, 0.25) is 0 Å². The first-order valence-electron chi connectivity index (χ1n) is 6.00. The number of rotatable bonds is 4. The van der Waals surface area contributed by atoms with E-state index in [1.807, 2.05) is 0 Å². The number of carbonyl (C=O) groups is 1. The number of amides is 1. The van der Waals surface area contributed by atoms with Crippen molar-refractivity contribution in [1.29, 1.82) is 0 Å². The lowest BCUT2D eigenvalue weighted by Crippen LogP contribution is -2.65. The first-order chi connectivity index (χ1) is 8.68. The van der Waals surface area contributed by atoms with E-state index in [-0.39, 0.29) is 6.42 Å². The van der Waals surface area contributed by atoms with Crippen molar-refractivity contribution in [1.82, 2.24) is 5.32 Å². The summed E-state index contributed by atoms with van der Waals surface area (Å²) in [5, 5.41) is 50.3. The topological polar surface area (TPSA) is 139 Å². The van der Waals surface area contributed by atoms with Crippen LogP contribution in [0.5, 0.6) is 0 Å². The van der Waals surface area contributed by atoms with E-state index in [4.69, 9.17) is 9.84 Å². The third-order valence-electron chi connectivity index (χ3n) is 3.03. The number of aliphatic hydroxyl groups excluding tert-OH is 4. The Bertz CT molecular complexity index is 322. The van der Waals surface area contributed by atoms with Gasteiger partial charge in [0.25, 0.3) is 0 Å². The Kier molecular flexibility index (Phi) is 5.25. The highest BCUT2D eigenvalue weighted by atomic mass is 16.6. The summed E-state index contributed by atoms with van der Waals surface area (Å²) in [5.74, 6) is -2.15. The predicted octanol–water partition coefficient (Wildman–Crippen LogP) is -2.94. The largest absolute Gasteiger partial charge is 0.394 e. The van der Waals surface area contributed by atoms with E-state index in [0.29, 0.717) is 0 Å². The van der Waals surface area contributed by atoms with Gasteiger partial charge in [0.1, 0.15) is 18.3 Å². The number of hydrogen-bond acceptors (Lipinski definition) is 7. The number of ether oxygens (including phenoxy) is 1. The molecule has 6 N–H and O–H groups in total. The first-order valence-corrected chi connectivity index (χ1v) is 6.00. The third-order valence-corrected chi connectivity index (χ3v) is 3.03. The van der Waals surface area contributed by atoms with Gasteiger partial charge >= 0.3 is 0 Å². The Hall–Kier alpha value is -0.770. The number of nitrogens with one attached hydrogen (secondary N) is 1. The Morgan fingerprint density at radius 2 is 2.11 bits per heavy atom. The highest BCUT2D eigenvalue weighted by Gasteiger charge is 2.47. The summed E-state index contributed by atoms with van der Waals surface area (Å²) in [6.07, 6.45) is -5.63. The molecule has 6 atom stereocenters. The molecule has 1 amide bonds. The molecule has 0 aromatic carbocycles. The van der Waals surface area contributed by atoms with Crippen molar-refractivity contribution < 1.29 is 35.1 Å². The normalized spacial score (nSPS) is 38.6. The molecule has 1 rings (SSSR count). The average Bonchev–Trinajstić information content (AvgIpc) is 2.29. The van der Waals surface area contributed by atoms with Crippen LogP contribution in [-0.2, 0) is 9.53 Å². The fourth-order valence-corrected chi connectivity index (χ4v) is 2.17. The minimum absolute atomic E-state index is 0.156. The van der Waals surface area contributed by atoms with Gasteiger partial charge in [0.2, 0.25) is 5.91 Å². The molecular weight excluding hydrogens is 258 g/mol. The number of aliphatic hydroxyl groups is 5. The molecule has 1 fully saturated rings. The molecule has 0 radical (unpaired) electrons. The molecule has 19 heavy (non-hydrogen) atoms. The standard InChI is InChI=1S/C11H21NO7/c1-5(14)12-8-6(15)3-11(2,18)19-10(8)9(17)7(16)4-13/h6-10,13,15-18H,3-4H2,1-2H3,(H,12,14)/t6?,7?,8-,9?,10?,11+/m1/s1. The summed E-state index contributed by atoms with van der Waals surface area (Å²) < 4.78 is 5.20. The molecule has 1 aliphatic rings. The first kappa shape index (κ1) is 16.3. The van der Waals surface area contributed by atoms with Crippen molar-refractivity contribution in [3.8, 4) is 0 Å². The van der Waals surface area contributed by atoms with Crippen LogP contribution in [0.3, 0.4) is 0 Å². The lowest BCUT2D eigenvalue weighted by Gasteiger charge is -2.45. The van der Waals surface area contributed by atoms with E-state index in [1.165, 1.54) is 13.8 Å². The van der Waals surface area contributed by atoms with Crippen LogP contribution in [0.25, 0.3) is 0 Å². The van der Waals surface area contributed by atoms with Crippen LogP contribution in [0, 0.1) is 0 Å². The zero-order valence-electron chi connectivity index (χ0n) is 10.9. The third kappa shape index (κ3) is 4.10. The van der Waals surface area contributed by atoms with Gasteiger partial charge in [-0.15, -0.1) is 0 Å². The maximum absolute atomic E-state index is 11.1. The maximum Gasteiger partial charge on any atom is 0.217 e. The van der Waals surface area contributed by atoms with Crippen LogP contribution in [-0.4, -0.2) is 74.3 Å². The second-order valence-electron chi connectivity index (χ2n) is 5.00. The molecule has 1 aliphatic heterocycles. The van der Waals surface area contributed by atoms with E-state index in [9.17, 15) is 25.2 Å². The van der Waals surface area contributed by atoms with Crippen molar-refractivity contribution in [2.75, 3.05) is 6.61 Å². The second kappa shape index (κ2) is 6.12. The highest BCUT2D eigenvalue weighted by Crippen LogP contribution is 2.29. The summed E-state index contributed by atoms with van der Waals surface area (Å²) in [6.45, 7) is 1.81. The fourth-order valence-electron chi connectivity index (χ4n) is 2.17. The minimum Gasteiger partial charge on any atom is -0.394 e. The summed E-state index contributed by atoms with van der Waals surface area (Å²) in [7, 11) is 0. The molecule has 1 saturated heterocycles. The van der Waals surface area contributed by atoms with Gasteiger partial charge < -0.3 is 35.6 Å². The molecule has 0 spiro atoms. The van der Waals surface area contributed by atoms with Gasteiger partial charge in [0.05, 0.1) is 18.8 Å². The molecule has 1 heterocycles. The van der Waals surface area contributed by atoms with Gasteiger partial charge in [-0.25, -0.2) is 0 Å². The Labute approximate surface area is 110 Å². The predicted molar refractivity (Wildman–Crippen MR) is 62.8 cm³/mol. The van der Waals surface area contributed by atoms with Crippen molar-refractivity contribution in [2.45, 2.75) is 56.5 Å². The van der Waals surface area contributed by atoms with Crippen LogP contribution in [0.15, 0.2) is 0 Å². The quantitative estimate of drug-likeness (QED) is 0.323. The zero-order chi connectivity index (χ0) is 14.8. The molecule has 0 bridgehead atoms. The SMILES string of the molecule is CC(=O)N[C@@H]1C(O)C[C@@](C)(O)OC1C(O)C(O)CO. The fraction of sp³-hybridized carbons (Fsp3) is 0.909. The zero-order valence-corrected chi connectivity index (χ0v) is 10.9. The molecule has 0 aromatic heterocycles. The number of hydrogen-bond donors (Lipinski definition) is 6. The van der Waals surface area contributed by atoms with Gasteiger partial charge in [-0.1, -0.05) is 0 Å². The van der Waals surface area contributed by atoms with E-state index >= 15 is 0 Å². The van der Waals surface area contributed by atoms with Crippen molar-refractivity contribution in [3.05, 3.63) is 0 Å². The van der Waals surface area contributed by atoms with E-state index in [0.717, 1.165) is 0 Å². The summed E-state index contributed by atoms with van der Waals surface area (Å²) in [5.41, 5.74) is 0. The van der Waals surface area contributed by atoms with Crippen molar-refractivity contribution >= 4 is 5.91 Å². The molecule has 8 nitrogen and oxygen atoms in total. The average molecular weight is 279 g/mol. The summed E-state index contributed by atoms with van der Waals surface area (Å²) in [6, 6.07) is -0.992. The van der Waals surface area contributed by atoms with Gasteiger partial charge in [-0.2, -0.15) is 0 Å². The minimum atomic E-state index is -1.70. The molecule has 0 saturated carbocycles. The maximum atomic E-state index is 11.1. The second-order valence-corrected chi connectivity index (χ2v) is 5.00. The Balaban J connectivity index is 2.93. The van der Waals surface area contributed by atoms with Gasteiger partial charge in [-0.05, 0) is 6.92 Å². The van der Waals surface area contributed by atoms with Gasteiger partial charge in [0, 0.05) is 13.3 Å². The van der Waals surface area contributed by atoms with Crippen LogP contribution in [0.4, 0.5) is 0 Å². The monoisotopic (exact) mass is 279 g/mol. The van der Waals surface area contributed by atoms with E-state index < -0.39 is 48.8 Å². The molecule has 0 aliphatic carbocycles. The molecule has 112 valence electrons. The smallest absolute Gasteiger partial charge is 0.217 e. The van der Waals surface area contributed by atoms with Crippen molar-refractivity contribution in [2.24, 2.45) is 0 Å². The Morgan fingerprint density at radius 1 is 1.53 bits per heavy atom. The summed E-state index contributed by atoms with van der Waals surface area (Å²) >= 11 is 0. The highest BCUT2D eigenvalue weighted by molar-refractivity contribution is 5.73. The molecule has 4 unspecified atom stereocenters.